The Morgan fingerprint density at radius 3 is 2.76 bits per heavy atom. The summed E-state index contributed by atoms with van der Waals surface area (Å²) in [7, 11) is 0. The van der Waals surface area contributed by atoms with Crippen LogP contribution in [0.15, 0.2) is 36.7 Å². The monoisotopic (exact) mass is 224 g/mol. The van der Waals surface area contributed by atoms with Crippen LogP contribution in [0.5, 0.6) is 0 Å². The van der Waals surface area contributed by atoms with E-state index in [4.69, 9.17) is 5.73 Å². The number of hydrogen-bond donors (Lipinski definition) is 1. The van der Waals surface area contributed by atoms with E-state index in [0.717, 1.165) is 22.3 Å². The molecule has 2 aromatic rings. The van der Waals surface area contributed by atoms with Gasteiger partial charge in [-0.25, -0.2) is 0 Å². The van der Waals surface area contributed by atoms with Crippen molar-refractivity contribution in [3.63, 3.8) is 0 Å². The Bertz CT molecular complexity index is 605. The molecule has 1 aromatic heterocycles. The molecule has 2 N–H and O–H groups in total. The highest BCUT2D eigenvalue weighted by atomic mass is 16.1. The van der Waals surface area contributed by atoms with Crippen molar-refractivity contribution >= 4 is 11.5 Å². The van der Waals surface area contributed by atoms with Crippen molar-refractivity contribution in [1.29, 1.82) is 0 Å². The minimum absolute atomic E-state index is 0.292. The van der Waals surface area contributed by atoms with Crippen LogP contribution in [0.3, 0.4) is 0 Å². The van der Waals surface area contributed by atoms with Crippen LogP contribution < -0.4 is 5.73 Å². The minimum atomic E-state index is 0.292. The van der Waals surface area contributed by atoms with Crippen molar-refractivity contribution in [2.45, 2.75) is 12.8 Å². The lowest BCUT2D eigenvalue weighted by Crippen LogP contribution is -1.93. The summed E-state index contributed by atoms with van der Waals surface area (Å²) in [4.78, 5) is 15.4. The van der Waals surface area contributed by atoms with Crippen LogP contribution in [0.2, 0.25) is 0 Å². The second-order valence-electron chi connectivity index (χ2n) is 4.34. The van der Waals surface area contributed by atoms with E-state index >= 15 is 0 Å². The van der Waals surface area contributed by atoms with E-state index in [9.17, 15) is 4.79 Å². The Hall–Kier alpha value is -2.16. The molecule has 84 valence electrons. The number of carbonyl (C=O) groups excluding carboxylic acids is 1. The van der Waals surface area contributed by atoms with Gasteiger partial charge in [0.05, 0.1) is 11.9 Å². The molecule has 0 atom stereocenters. The van der Waals surface area contributed by atoms with Gasteiger partial charge in [0.2, 0.25) is 0 Å². The molecule has 0 bridgehead atoms. The van der Waals surface area contributed by atoms with Crippen LogP contribution in [-0.4, -0.2) is 10.8 Å². The van der Waals surface area contributed by atoms with Gasteiger partial charge < -0.3 is 5.73 Å². The van der Waals surface area contributed by atoms with Crippen molar-refractivity contribution in [3.05, 3.63) is 47.8 Å². The number of hydrogen-bond acceptors (Lipinski definition) is 3. The number of pyridine rings is 1. The number of nitrogen functional groups attached to an aromatic ring is 1. The maximum atomic E-state index is 11.4. The number of benzene rings is 1. The molecule has 1 aliphatic carbocycles. The third-order valence-corrected chi connectivity index (χ3v) is 3.14. The van der Waals surface area contributed by atoms with E-state index in [0.29, 0.717) is 24.3 Å². The van der Waals surface area contributed by atoms with Gasteiger partial charge in [-0.3, -0.25) is 9.78 Å². The molecule has 0 saturated heterocycles. The first-order chi connectivity index (χ1) is 8.24. The van der Waals surface area contributed by atoms with Gasteiger partial charge in [-0.2, -0.15) is 0 Å². The van der Waals surface area contributed by atoms with Crippen LogP contribution in [-0.2, 0) is 17.6 Å². The number of anilines is 1. The average molecular weight is 224 g/mol. The molecule has 1 aromatic carbocycles. The Kier molecular flexibility index (Phi) is 2.18. The minimum Gasteiger partial charge on any atom is -0.397 e. The van der Waals surface area contributed by atoms with Gasteiger partial charge in [0.25, 0.3) is 0 Å². The Labute approximate surface area is 99.3 Å². The predicted octanol–water partition coefficient (Wildman–Crippen LogP) is 2.00. The summed E-state index contributed by atoms with van der Waals surface area (Å²) in [6, 6.07) is 8.00. The van der Waals surface area contributed by atoms with E-state index < -0.39 is 0 Å². The molecule has 0 aliphatic heterocycles. The summed E-state index contributed by atoms with van der Waals surface area (Å²) in [5, 5.41) is 0. The second kappa shape index (κ2) is 3.70. The molecule has 0 radical (unpaired) electrons. The van der Waals surface area contributed by atoms with E-state index in [1.807, 2.05) is 18.2 Å². The lowest BCUT2D eigenvalue weighted by Gasteiger charge is -2.07. The van der Waals surface area contributed by atoms with Crippen LogP contribution in [0.25, 0.3) is 11.1 Å². The first-order valence-electron chi connectivity index (χ1n) is 5.57. The third-order valence-electron chi connectivity index (χ3n) is 3.14. The van der Waals surface area contributed by atoms with Gasteiger partial charge in [0.1, 0.15) is 5.78 Å². The Morgan fingerprint density at radius 1 is 1.12 bits per heavy atom. The molecule has 17 heavy (non-hydrogen) atoms. The van der Waals surface area contributed by atoms with Crippen LogP contribution in [0.4, 0.5) is 5.69 Å². The molecule has 3 nitrogen and oxygen atoms in total. The standard InChI is InChI=1S/C14H12N2O/c15-14-8-16-4-3-13(14)10-2-1-9-6-12(17)7-11(9)5-10/h1-5,8H,6-7,15H2. The number of Topliss-reactive ketones (excluding diaryl/α,β-unsaturated/α-hetero) is 1. The van der Waals surface area contributed by atoms with Crippen molar-refractivity contribution in [1.82, 2.24) is 4.98 Å². The highest BCUT2D eigenvalue weighted by Gasteiger charge is 2.18. The zero-order chi connectivity index (χ0) is 11.8. The highest BCUT2D eigenvalue weighted by Crippen LogP contribution is 2.29. The summed E-state index contributed by atoms with van der Waals surface area (Å²) in [6.45, 7) is 0. The summed E-state index contributed by atoms with van der Waals surface area (Å²) < 4.78 is 0. The van der Waals surface area contributed by atoms with Crippen LogP contribution in [0.1, 0.15) is 11.1 Å². The van der Waals surface area contributed by atoms with Gasteiger partial charge >= 0.3 is 0 Å². The van der Waals surface area contributed by atoms with Gasteiger partial charge in [-0.1, -0.05) is 18.2 Å². The van der Waals surface area contributed by atoms with Crippen LogP contribution >= 0.6 is 0 Å². The fourth-order valence-electron chi connectivity index (χ4n) is 2.29. The molecular formula is C14H12N2O. The normalized spacial score (nSPS) is 13.8. The third kappa shape index (κ3) is 1.69. The lowest BCUT2D eigenvalue weighted by molar-refractivity contribution is -0.117. The van der Waals surface area contributed by atoms with E-state index in [1.54, 1.807) is 12.4 Å². The number of nitrogens with zero attached hydrogens (tertiary/aromatic N) is 1. The van der Waals surface area contributed by atoms with Gasteiger partial charge in [-0.15, -0.1) is 0 Å². The second-order valence-corrected chi connectivity index (χ2v) is 4.34. The number of ketones is 1. The zero-order valence-corrected chi connectivity index (χ0v) is 9.31. The molecule has 1 aliphatic rings. The molecule has 0 spiro atoms. The van der Waals surface area contributed by atoms with Crippen LogP contribution in [0, 0.1) is 0 Å². The van der Waals surface area contributed by atoms with E-state index in [-0.39, 0.29) is 0 Å². The maximum absolute atomic E-state index is 11.4. The number of fused-ring (bicyclic) bond motifs is 1. The SMILES string of the molecule is Nc1cnccc1-c1ccc2c(c1)CC(=O)C2. The molecule has 0 amide bonds. The van der Waals surface area contributed by atoms with Crippen molar-refractivity contribution < 1.29 is 4.79 Å². The Morgan fingerprint density at radius 2 is 1.94 bits per heavy atom. The molecule has 3 heteroatoms. The first kappa shape index (κ1) is 10.0. The van der Waals surface area contributed by atoms with E-state index in [2.05, 4.69) is 11.1 Å². The summed E-state index contributed by atoms with van der Waals surface area (Å²) in [5.41, 5.74) is 10.9. The van der Waals surface area contributed by atoms with E-state index in [1.165, 1.54) is 0 Å². The predicted molar refractivity (Wildman–Crippen MR) is 66.5 cm³/mol. The largest absolute Gasteiger partial charge is 0.397 e. The summed E-state index contributed by atoms with van der Waals surface area (Å²) >= 11 is 0. The Balaban J connectivity index is 2.09. The van der Waals surface area contributed by atoms with Crippen molar-refractivity contribution in [3.8, 4) is 11.1 Å². The molecule has 0 saturated carbocycles. The van der Waals surface area contributed by atoms with Gasteiger partial charge in [0.15, 0.2) is 0 Å². The highest BCUT2D eigenvalue weighted by molar-refractivity contribution is 5.89. The lowest BCUT2D eigenvalue weighted by atomic mass is 10.0. The molecule has 0 unspecified atom stereocenters. The zero-order valence-electron chi connectivity index (χ0n) is 9.31. The van der Waals surface area contributed by atoms with Crippen molar-refractivity contribution in [2.75, 3.05) is 5.73 Å². The van der Waals surface area contributed by atoms with Gasteiger partial charge in [-0.05, 0) is 22.8 Å². The first-order valence-corrected chi connectivity index (χ1v) is 5.57. The average Bonchev–Trinajstić information content (AvgIpc) is 2.68. The molecule has 3 rings (SSSR count). The van der Waals surface area contributed by atoms with Crippen molar-refractivity contribution in [2.24, 2.45) is 0 Å². The fourth-order valence-corrected chi connectivity index (χ4v) is 2.29. The number of rotatable bonds is 1. The number of nitrogens with two attached hydrogens (primary N) is 1. The summed E-state index contributed by atoms with van der Waals surface area (Å²) in [5.74, 6) is 0.292. The number of aromatic nitrogens is 1. The maximum Gasteiger partial charge on any atom is 0.141 e. The summed E-state index contributed by atoms with van der Waals surface area (Å²) in [6.07, 6.45) is 4.49. The molecule has 1 heterocycles. The quantitative estimate of drug-likeness (QED) is 0.806. The molecular weight excluding hydrogens is 212 g/mol. The fraction of sp³-hybridized carbons (Fsp3) is 0.143. The van der Waals surface area contributed by atoms with Gasteiger partial charge in [0, 0.05) is 24.6 Å². The smallest absolute Gasteiger partial charge is 0.141 e. The number of carbonyl (C=O) groups is 1. The topological polar surface area (TPSA) is 56.0 Å². The molecule has 0 fully saturated rings.